The number of halogens is 1. The van der Waals surface area contributed by atoms with Crippen LogP contribution in [0.4, 0.5) is 5.69 Å². The lowest BCUT2D eigenvalue weighted by atomic mass is 9.94. The molecule has 1 aromatic heterocycles. The molecule has 2 aliphatic heterocycles. The van der Waals surface area contributed by atoms with Crippen molar-refractivity contribution in [2.24, 2.45) is 0 Å². The standard InChI is InChI=1S/C29H31ClN4O2/c1-19-16-23(28(35)31-12-7-15-34-13-3-2-4-14-34)26(32-19)18-24-27-22(20-8-5-9-21(30)17-20)10-6-11-25(27)33-29(24)36/h5-6,8-11,16-18,32H,2-4,7,12-15H2,1H3,(H,31,35)(H,33,36)/b24-18-. The first kappa shape index (κ1) is 24.3. The van der Waals surface area contributed by atoms with E-state index in [1.54, 1.807) is 6.08 Å². The summed E-state index contributed by atoms with van der Waals surface area (Å²) in [5.74, 6) is -0.328. The summed E-state index contributed by atoms with van der Waals surface area (Å²) in [5.41, 5.74) is 5.94. The molecule has 2 aromatic carbocycles. The molecule has 2 amide bonds. The number of likely N-dealkylation sites (tertiary alicyclic amines) is 1. The Morgan fingerprint density at radius 2 is 1.92 bits per heavy atom. The molecule has 0 radical (unpaired) electrons. The van der Waals surface area contributed by atoms with Gasteiger partial charge in [0.05, 0.1) is 16.8 Å². The van der Waals surface area contributed by atoms with Crippen molar-refractivity contribution in [2.75, 3.05) is 31.5 Å². The second kappa shape index (κ2) is 10.7. The summed E-state index contributed by atoms with van der Waals surface area (Å²) >= 11 is 6.25. The van der Waals surface area contributed by atoms with E-state index in [9.17, 15) is 9.59 Å². The van der Waals surface area contributed by atoms with Crippen molar-refractivity contribution in [3.8, 4) is 11.1 Å². The number of carbonyl (C=O) groups is 2. The van der Waals surface area contributed by atoms with E-state index in [1.165, 1.54) is 19.3 Å². The zero-order valence-corrected chi connectivity index (χ0v) is 21.3. The van der Waals surface area contributed by atoms with Crippen LogP contribution in [0.5, 0.6) is 0 Å². The number of benzene rings is 2. The van der Waals surface area contributed by atoms with Crippen LogP contribution < -0.4 is 10.6 Å². The second-order valence-electron chi connectivity index (χ2n) is 9.54. The Hall–Kier alpha value is -3.35. The molecule has 1 fully saturated rings. The van der Waals surface area contributed by atoms with E-state index in [2.05, 4.69) is 20.5 Å². The molecule has 7 heteroatoms. The summed E-state index contributed by atoms with van der Waals surface area (Å²) in [6.07, 6.45) is 6.56. The van der Waals surface area contributed by atoms with E-state index < -0.39 is 0 Å². The fourth-order valence-electron chi connectivity index (χ4n) is 5.12. The number of hydrogen-bond acceptors (Lipinski definition) is 3. The van der Waals surface area contributed by atoms with Crippen LogP contribution in [-0.4, -0.2) is 47.9 Å². The molecule has 2 aliphatic rings. The molecule has 0 unspecified atom stereocenters. The van der Waals surface area contributed by atoms with Crippen LogP contribution in [-0.2, 0) is 4.79 Å². The molecule has 0 spiro atoms. The molecular formula is C29H31ClN4O2. The van der Waals surface area contributed by atoms with Gasteiger partial charge in [-0.25, -0.2) is 0 Å². The Morgan fingerprint density at radius 1 is 1.11 bits per heavy atom. The monoisotopic (exact) mass is 502 g/mol. The van der Waals surface area contributed by atoms with Crippen molar-refractivity contribution >= 4 is 40.8 Å². The van der Waals surface area contributed by atoms with E-state index in [4.69, 9.17) is 11.6 Å². The minimum atomic E-state index is -0.195. The van der Waals surface area contributed by atoms with E-state index in [-0.39, 0.29) is 11.8 Å². The summed E-state index contributed by atoms with van der Waals surface area (Å²) in [6.45, 7) is 5.85. The second-order valence-corrected chi connectivity index (χ2v) is 9.98. The molecule has 36 heavy (non-hydrogen) atoms. The van der Waals surface area contributed by atoms with Gasteiger partial charge in [-0.1, -0.05) is 42.3 Å². The third-order valence-corrected chi connectivity index (χ3v) is 7.10. The number of piperidine rings is 1. The molecule has 6 nitrogen and oxygen atoms in total. The van der Waals surface area contributed by atoms with Crippen molar-refractivity contribution in [1.82, 2.24) is 15.2 Å². The number of fused-ring (bicyclic) bond motifs is 1. The van der Waals surface area contributed by atoms with Crippen LogP contribution in [0.2, 0.25) is 5.02 Å². The van der Waals surface area contributed by atoms with Crippen LogP contribution >= 0.6 is 11.6 Å². The van der Waals surface area contributed by atoms with E-state index in [0.717, 1.165) is 54.1 Å². The van der Waals surface area contributed by atoms with Crippen molar-refractivity contribution in [3.05, 3.63) is 76.1 Å². The maximum atomic E-state index is 13.1. The number of hydrogen-bond donors (Lipinski definition) is 3. The van der Waals surface area contributed by atoms with Gasteiger partial charge in [0.25, 0.3) is 11.8 Å². The summed E-state index contributed by atoms with van der Waals surface area (Å²) in [6, 6.07) is 15.2. The molecule has 3 heterocycles. The topological polar surface area (TPSA) is 77.2 Å². The van der Waals surface area contributed by atoms with Crippen LogP contribution in [0, 0.1) is 6.92 Å². The SMILES string of the molecule is Cc1cc(C(=O)NCCCN2CCCCC2)c(/C=C2\C(=O)Nc3cccc(-c4cccc(Cl)c4)c32)[nH]1. The fraction of sp³-hybridized carbons (Fsp3) is 0.310. The summed E-state index contributed by atoms with van der Waals surface area (Å²) < 4.78 is 0. The van der Waals surface area contributed by atoms with Gasteiger partial charge in [0.2, 0.25) is 0 Å². The van der Waals surface area contributed by atoms with E-state index >= 15 is 0 Å². The first-order chi connectivity index (χ1) is 17.5. The lowest BCUT2D eigenvalue weighted by molar-refractivity contribution is -0.110. The molecule has 3 N–H and O–H groups in total. The van der Waals surface area contributed by atoms with Crippen molar-refractivity contribution in [3.63, 3.8) is 0 Å². The van der Waals surface area contributed by atoms with E-state index in [0.29, 0.717) is 28.4 Å². The minimum Gasteiger partial charge on any atom is -0.358 e. The van der Waals surface area contributed by atoms with Gasteiger partial charge < -0.3 is 20.5 Å². The van der Waals surface area contributed by atoms with Crippen molar-refractivity contribution in [2.45, 2.75) is 32.6 Å². The molecule has 1 saturated heterocycles. The number of aromatic nitrogens is 1. The predicted molar refractivity (Wildman–Crippen MR) is 146 cm³/mol. The van der Waals surface area contributed by atoms with Gasteiger partial charge >= 0.3 is 0 Å². The quantitative estimate of drug-likeness (QED) is 0.285. The van der Waals surface area contributed by atoms with Crippen molar-refractivity contribution in [1.29, 1.82) is 0 Å². The number of aromatic amines is 1. The smallest absolute Gasteiger partial charge is 0.256 e. The Labute approximate surface area is 216 Å². The number of carbonyl (C=O) groups excluding carboxylic acids is 2. The number of rotatable bonds is 7. The van der Waals surface area contributed by atoms with Gasteiger partial charge in [-0.2, -0.15) is 0 Å². The van der Waals surface area contributed by atoms with Crippen LogP contribution in [0.25, 0.3) is 22.8 Å². The third kappa shape index (κ3) is 5.25. The highest BCUT2D eigenvalue weighted by Crippen LogP contribution is 2.41. The van der Waals surface area contributed by atoms with Gasteiger partial charge in [-0.05, 0) is 87.3 Å². The van der Waals surface area contributed by atoms with Crippen molar-refractivity contribution < 1.29 is 9.59 Å². The third-order valence-electron chi connectivity index (χ3n) is 6.86. The van der Waals surface area contributed by atoms with Crippen LogP contribution in [0.15, 0.2) is 48.5 Å². The largest absolute Gasteiger partial charge is 0.358 e. The highest BCUT2D eigenvalue weighted by Gasteiger charge is 2.28. The normalized spacial score (nSPS) is 16.7. The lowest BCUT2D eigenvalue weighted by Gasteiger charge is -2.26. The van der Waals surface area contributed by atoms with Gasteiger partial charge in [-0.15, -0.1) is 0 Å². The number of aryl methyl sites for hydroxylation is 1. The molecule has 0 atom stereocenters. The minimum absolute atomic E-state index is 0.133. The first-order valence-electron chi connectivity index (χ1n) is 12.6. The highest BCUT2D eigenvalue weighted by atomic mass is 35.5. The number of nitrogens with one attached hydrogen (secondary N) is 3. The summed E-state index contributed by atoms with van der Waals surface area (Å²) in [7, 11) is 0. The van der Waals surface area contributed by atoms with E-state index in [1.807, 2.05) is 55.5 Å². The van der Waals surface area contributed by atoms with Crippen LogP contribution in [0.1, 0.15) is 53.0 Å². The zero-order valence-electron chi connectivity index (χ0n) is 20.5. The predicted octanol–water partition coefficient (Wildman–Crippen LogP) is 5.74. The average molecular weight is 503 g/mol. The highest BCUT2D eigenvalue weighted by molar-refractivity contribution is 6.36. The van der Waals surface area contributed by atoms with Gasteiger partial charge in [0.1, 0.15) is 0 Å². The molecule has 0 aliphatic carbocycles. The maximum Gasteiger partial charge on any atom is 0.256 e. The maximum absolute atomic E-state index is 13.1. The number of H-pyrrole nitrogens is 1. The Bertz CT molecular complexity index is 1320. The Balaban J connectivity index is 1.38. The number of anilines is 1. The average Bonchev–Trinajstić information content (AvgIpc) is 3.41. The van der Waals surface area contributed by atoms with Gasteiger partial charge in [0.15, 0.2) is 0 Å². The molecule has 3 aromatic rings. The summed E-state index contributed by atoms with van der Waals surface area (Å²) in [5, 5.41) is 6.65. The molecule has 5 rings (SSSR count). The Kier molecular flexibility index (Phi) is 7.25. The molecule has 0 bridgehead atoms. The Morgan fingerprint density at radius 3 is 2.72 bits per heavy atom. The lowest BCUT2D eigenvalue weighted by Crippen LogP contribution is -2.33. The zero-order chi connectivity index (χ0) is 25.1. The number of amides is 2. The molecular weight excluding hydrogens is 472 g/mol. The first-order valence-corrected chi connectivity index (χ1v) is 13.0. The van der Waals surface area contributed by atoms with Gasteiger partial charge in [-0.3, -0.25) is 9.59 Å². The van der Waals surface area contributed by atoms with Crippen LogP contribution in [0.3, 0.4) is 0 Å². The fourth-order valence-corrected chi connectivity index (χ4v) is 5.31. The number of nitrogens with zero attached hydrogens (tertiary/aromatic N) is 1. The molecule has 186 valence electrons. The summed E-state index contributed by atoms with van der Waals surface area (Å²) in [4.78, 5) is 31.8. The van der Waals surface area contributed by atoms with Gasteiger partial charge in [0, 0.05) is 28.5 Å². The molecule has 0 saturated carbocycles.